The van der Waals surface area contributed by atoms with Gasteiger partial charge in [-0.15, -0.1) is 0 Å². The van der Waals surface area contributed by atoms with Gasteiger partial charge in [0.2, 0.25) is 0 Å². The first-order chi connectivity index (χ1) is 9.77. The van der Waals surface area contributed by atoms with Gasteiger partial charge in [-0.25, -0.2) is 4.21 Å². The lowest BCUT2D eigenvalue weighted by Crippen LogP contribution is -2.50. The third kappa shape index (κ3) is 3.72. The fourth-order valence-corrected chi connectivity index (χ4v) is 2.73. The van der Waals surface area contributed by atoms with Gasteiger partial charge in [0.25, 0.3) is 11.3 Å². The highest BCUT2D eigenvalue weighted by Gasteiger charge is 2.50. The summed E-state index contributed by atoms with van der Waals surface area (Å²) in [4.78, 5) is 0. The van der Waals surface area contributed by atoms with Gasteiger partial charge in [-0.1, -0.05) is 31.4 Å². The molecule has 1 unspecified atom stereocenters. The number of halogens is 3. The van der Waals surface area contributed by atoms with Crippen LogP contribution in [0.3, 0.4) is 0 Å². The Morgan fingerprint density at radius 3 is 2.29 bits per heavy atom. The molecule has 21 heavy (non-hydrogen) atoms. The van der Waals surface area contributed by atoms with E-state index in [9.17, 15) is 21.9 Å². The second-order valence-electron chi connectivity index (χ2n) is 4.02. The number of allylic oxidation sites excluding steroid dienone is 5. The molecule has 0 saturated carbocycles. The van der Waals surface area contributed by atoms with Crippen molar-refractivity contribution in [1.29, 1.82) is 0 Å². The quantitative estimate of drug-likeness (QED) is 0.782. The van der Waals surface area contributed by atoms with Crippen molar-refractivity contribution in [2.24, 2.45) is 0 Å². The van der Waals surface area contributed by atoms with Gasteiger partial charge in [-0.3, -0.25) is 8.86 Å². The van der Waals surface area contributed by atoms with E-state index < -0.39 is 35.7 Å². The first-order valence-corrected chi connectivity index (χ1v) is 6.78. The van der Waals surface area contributed by atoms with Crippen LogP contribution in [0.4, 0.5) is 13.2 Å². The van der Waals surface area contributed by atoms with Crippen LogP contribution in [0.25, 0.3) is 0 Å². The summed E-state index contributed by atoms with van der Waals surface area (Å²) in [7, 11) is 0. The molecule has 0 aromatic carbocycles. The summed E-state index contributed by atoms with van der Waals surface area (Å²) in [5.41, 5.74) is -0.346. The maximum absolute atomic E-state index is 13.2. The fourth-order valence-electron chi connectivity index (χ4n) is 1.96. The molecule has 2 N–H and O–H groups in total. The van der Waals surface area contributed by atoms with E-state index in [-0.39, 0.29) is 15.6 Å². The molecule has 4 nitrogen and oxygen atoms in total. The zero-order valence-corrected chi connectivity index (χ0v) is 11.7. The van der Waals surface area contributed by atoms with Crippen molar-refractivity contribution < 1.29 is 27.0 Å². The predicted octanol–water partition coefficient (Wildman–Crippen LogP) is 2.47. The van der Waals surface area contributed by atoms with Crippen molar-refractivity contribution in [3.63, 3.8) is 0 Å². The van der Waals surface area contributed by atoms with Gasteiger partial charge in [-0.2, -0.15) is 13.2 Å². The van der Waals surface area contributed by atoms with Crippen LogP contribution in [0.2, 0.25) is 0 Å². The summed E-state index contributed by atoms with van der Waals surface area (Å²) < 4.78 is 60.5. The Balaban J connectivity index is 3.64. The Kier molecular flexibility index (Phi) is 5.70. The van der Waals surface area contributed by atoms with E-state index in [0.717, 1.165) is 6.08 Å². The van der Waals surface area contributed by atoms with E-state index in [1.165, 1.54) is 24.3 Å². The molecular weight excluding hydrogens is 307 g/mol. The smallest absolute Gasteiger partial charge is 0.392 e. The third-order valence-electron chi connectivity index (χ3n) is 2.69. The number of hydrogen-bond acceptors (Lipinski definition) is 2. The van der Waals surface area contributed by atoms with Crippen LogP contribution in [-0.2, 0) is 11.3 Å². The predicted molar refractivity (Wildman–Crippen MR) is 74.2 cm³/mol. The van der Waals surface area contributed by atoms with Crippen molar-refractivity contribution in [2.75, 3.05) is 6.61 Å². The van der Waals surface area contributed by atoms with Crippen molar-refractivity contribution in [3.05, 3.63) is 60.4 Å². The number of alkyl halides is 3. The fraction of sp³-hybridized carbons (Fsp3) is 0.231. The minimum absolute atomic E-state index is 0.134. The van der Waals surface area contributed by atoms with Crippen molar-refractivity contribution >= 4 is 11.3 Å². The zero-order chi connectivity index (χ0) is 16.2. The second kappa shape index (κ2) is 6.88. The lowest BCUT2D eigenvalue weighted by molar-refractivity contribution is -0.159. The van der Waals surface area contributed by atoms with E-state index in [1.807, 2.05) is 0 Å². The van der Waals surface area contributed by atoms with E-state index in [0.29, 0.717) is 0 Å². The summed E-state index contributed by atoms with van der Waals surface area (Å²) in [5.74, 6) is 0. The average Bonchev–Trinajstić information content (AvgIpc) is 2.38. The molecule has 2 atom stereocenters. The van der Waals surface area contributed by atoms with Crippen LogP contribution in [0.15, 0.2) is 60.4 Å². The Morgan fingerprint density at radius 1 is 1.33 bits per heavy atom. The van der Waals surface area contributed by atoms with Crippen molar-refractivity contribution in [2.45, 2.75) is 12.2 Å². The van der Waals surface area contributed by atoms with Crippen LogP contribution in [0, 0.1) is 0 Å². The lowest BCUT2D eigenvalue weighted by atomic mass is 9.96. The Hall–Kier alpha value is -1.64. The third-order valence-corrected chi connectivity index (χ3v) is 3.44. The summed E-state index contributed by atoms with van der Waals surface area (Å²) in [5, 5.41) is 9.16. The molecule has 1 rings (SSSR count). The molecule has 1 heterocycles. The van der Waals surface area contributed by atoms with Gasteiger partial charge in [0, 0.05) is 0 Å². The van der Waals surface area contributed by atoms with Crippen molar-refractivity contribution in [3.8, 4) is 0 Å². The summed E-state index contributed by atoms with van der Waals surface area (Å²) in [6, 6.07) is -2.39. The highest BCUT2D eigenvalue weighted by Crippen LogP contribution is 2.39. The van der Waals surface area contributed by atoms with Crippen LogP contribution in [0.5, 0.6) is 0 Å². The van der Waals surface area contributed by atoms with Crippen LogP contribution in [0.1, 0.15) is 0 Å². The highest BCUT2D eigenvalue weighted by atomic mass is 32.2. The molecule has 0 radical (unpaired) electrons. The van der Waals surface area contributed by atoms with E-state index in [1.54, 1.807) is 0 Å². The summed E-state index contributed by atoms with van der Waals surface area (Å²) >= 11 is -2.94. The maximum atomic E-state index is 13.2. The highest BCUT2D eigenvalue weighted by molar-refractivity contribution is 7.76. The monoisotopic (exact) mass is 321 g/mol. The van der Waals surface area contributed by atoms with Crippen LogP contribution >= 0.6 is 0 Å². The van der Waals surface area contributed by atoms with Gasteiger partial charge in [0.1, 0.15) is 0 Å². The zero-order valence-electron chi connectivity index (χ0n) is 10.9. The summed E-state index contributed by atoms with van der Waals surface area (Å²) in [6.45, 7) is 5.92. The Bertz CT molecular complexity index is 549. The minimum atomic E-state index is -4.83. The number of aliphatic hydroxyl groups is 1. The molecule has 1 aliphatic heterocycles. The topological polar surface area (TPSA) is 60.8 Å². The summed E-state index contributed by atoms with van der Waals surface area (Å²) in [6.07, 6.45) is 1.39. The molecular formula is C13H14F3NO3S. The van der Waals surface area contributed by atoms with E-state index in [2.05, 4.69) is 13.2 Å². The maximum Gasteiger partial charge on any atom is 0.413 e. The number of aliphatic hydroxyl groups excluding tert-OH is 1. The number of rotatable bonds is 4. The molecule has 8 heteroatoms. The minimum Gasteiger partial charge on any atom is -0.392 e. The van der Waals surface area contributed by atoms with Gasteiger partial charge >= 0.3 is 6.18 Å². The Morgan fingerprint density at radius 2 is 1.90 bits per heavy atom. The molecule has 0 saturated heterocycles. The first-order valence-electron chi connectivity index (χ1n) is 5.72. The molecule has 0 aromatic heterocycles. The van der Waals surface area contributed by atoms with Crippen LogP contribution in [-0.4, -0.2) is 37.0 Å². The molecule has 0 amide bonds. The van der Waals surface area contributed by atoms with Gasteiger partial charge in [0.05, 0.1) is 12.3 Å². The molecule has 0 spiro atoms. The standard InChI is InChI=1S/C13H14F3NO3S/c1-3-5-9-7-10(8-18)12(13(14,15)16)17(21(19)20)11(9)6-4-2/h3-7,12,18H,1-2,8H2,(H,19,20)/b9-5-,11-6+/t12-/m0/s1. The SMILES string of the molecule is C=C/C=C1/C=C(CO)[C@@H](C(F)(F)F)N(S(=O)O)/C1=C/C=C. The Labute approximate surface area is 122 Å². The van der Waals surface area contributed by atoms with E-state index >= 15 is 0 Å². The molecule has 0 bridgehead atoms. The number of nitrogens with zero attached hydrogens (tertiary/aromatic N) is 1. The molecule has 0 aliphatic carbocycles. The number of hydrogen-bond donors (Lipinski definition) is 2. The largest absolute Gasteiger partial charge is 0.413 e. The second-order valence-corrected chi connectivity index (χ2v) is 4.88. The van der Waals surface area contributed by atoms with Gasteiger partial charge < -0.3 is 5.11 Å². The molecule has 116 valence electrons. The van der Waals surface area contributed by atoms with Gasteiger partial charge in [-0.05, 0) is 23.3 Å². The average molecular weight is 321 g/mol. The van der Waals surface area contributed by atoms with Crippen LogP contribution < -0.4 is 0 Å². The van der Waals surface area contributed by atoms with Gasteiger partial charge in [0.15, 0.2) is 6.04 Å². The lowest BCUT2D eigenvalue weighted by Gasteiger charge is -2.38. The first kappa shape index (κ1) is 17.4. The molecule has 0 aromatic rings. The molecule has 1 aliphatic rings. The van der Waals surface area contributed by atoms with E-state index in [4.69, 9.17) is 5.11 Å². The normalized spacial score (nSPS) is 24.9. The van der Waals surface area contributed by atoms with Crippen molar-refractivity contribution in [1.82, 2.24) is 4.31 Å². The molecule has 0 fully saturated rings.